The van der Waals surface area contributed by atoms with Crippen molar-refractivity contribution in [3.63, 3.8) is 0 Å². The van der Waals surface area contributed by atoms with Crippen molar-refractivity contribution in [1.29, 1.82) is 0 Å². The highest BCUT2D eigenvalue weighted by molar-refractivity contribution is 7.89. The number of hydrogen-bond donors (Lipinski definition) is 1. The molecule has 186 valence electrons. The number of carbonyl (C=O) groups excluding carboxylic acids is 2. The highest BCUT2D eigenvalue weighted by atomic mass is 35.5. The Morgan fingerprint density at radius 2 is 1.61 bits per heavy atom. The number of carbonyl (C=O) groups is 2. The second-order valence-electron chi connectivity index (χ2n) is 9.82. The number of nitrogens with one attached hydrogen (secondary N) is 1. The van der Waals surface area contributed by atoms with Crippen molar-refractivity contribution < 1.29 is 18.0 Å². The van der Waals surface area contributed by atoms with Gasteiger partial charge in [-0.3, -0.25) is 9.59 Å². The maximum absolute atomic E-state index is 14.0. The van der Waals surface area contributed by atoms with Crippen LogP contribution in [0.5, 0.6) is 0 Å². The Morgan fingerprint density at radius 3 is 2.25 bits per heavy atom. The van der Waals surface area contributed by atoms with E-state index in [1.165, 1.54) is 6.07 Å². The van der Waals surface area contributed by atoms with Crippen molar-refractivity contribution in [3.05, 3.63) is 100 Å². The van der Waals surface area contributed by atoms with E-state index in [-0.39, 0.29) is 23.4 Å². The molecule has 0 saturated carbocycles. The van der Waals surface area contributed by atoms with Crippen LogP contribution in [0.3, 0.4) is 0 Å². The number of hydrogen-bond acceptors (Lipinski definition) is 4. The fraction of sp³-hybridized carbons (Fsp3) is 0.214. The summed E-state index contributed by atoms with van der Waals surface area (Å²) in [5.74, 6) is -0.854. The Kier molecular flexibility index (Phi) is 6.82. The van der Waals surface area contributed by atoms with E-state index in [1.54, 1.807) is 23.1 Å². The molecule has 0 saturated heterocycles. The van der Waals surface area contributed by atoms with Crippen LogP contribution < -0.4 is 9.62 Å². The third-order valence-corrected chi connectivity index (χ3v) is 6.67. The molecule has 0 atom stereocenters. The Hall–Kier alpha value is -3.42. The number of allylic oxidation sites excluding steroid dienone is 1. The molecule has 6 nitrogen and oxygen atoms in total. The van der Waals surface area contributed by atoms with Gasteiger partial charge < -0.3 is 4.90 Å². The molecule has 8 heteroatoms. The first-order valence-electron chi connectivity index (χ1n) is 11.4. The second-order valence-corrected chi connectivity index (χ2v) is 12.0. The Labute approximate surface area is 216 Å². The number of rotatable bonds is 5. The van der Waals surface area contributed by atoms with Gasteiger partial charge in [0.25, 0.3) is 11.8 Å². The predicted molar refractivity (Wildman–Crippen MR) is 144 cm³/mol. The summed E-state index contributed by atoms with van der Waals surface area (Å²) in [6.45, 7) is 6.45. The molecular weight excluding hydrogens is 496 g/mol. The zero-order chi connectivity index (χ0) is 26.3. The lowest BCUT2D eigenvalue weighted by molar-refractivity contribution is -0.113. The lowest BCUT2D eigenvalue weighted by atomic mass is 9.78. The maximum Gasteiger partial charge on any atom is 0.264 e. The molecule has 4 rings (SSSR count). The third-order valence-electron chi connectivity index (χ3n) is 5.86. The van der Waals surface area contributed by atoms with E-state index in [1.807, 2.05) is 53.3 Å². The molecule has 1 N–H and O–H groups in total. The lowest BCUT2D eigenvalue weighted by Gasteiger charge is -2.26. The molecule has 2 amide bonds. The minimum Gasteiger partial charge on any atom is -0.303 e. The van der Waals surface area contributed by atoms with Crippen molar-refractivity contribution in [3.8, 4) is 0 Å². The summed E-state index contributed by atoms with van der Waals surface area (Å²) in [4.78, 5) is 28.0. The van der Waals surface area contributed by atoms with Crippen molar-refractivity contribution in [2.24, 2.45) is 5.41 Å². The molecule has 0 unspecified atom stereocenters. The third kappa shape index (κ3) is 5.37. The fourth-order valence-electron chi connectivity index (χ4n) is 4.47. The van der Waals surface area contributed by atoms with Crippen LogP contribution in [0.4, 0.5) is 5.69 Å². The lowest BCUT2D eigenvalue weighted by Crippen LogP contribution is -2.30. The molecule has 0 fully saturated rings. The summed E-state index contributed by atoms with van der Waals surface area (Å²) in [6, 6.07) is 21.8. The predicted octanol–water partition coefficient (Wildman–Crippen LogP) is 5.53. The van der Waals surface area contributed by atoms with E-state index in [9.17, 15) is 18.0 Å². The summed E-state index contributed by atoms with van der Waals surface area (Å²) in [5, 5.41) is 0.622. The zero-order valence-corrected chi connectivity index (χ0v) is 22.1. The van der Waals surface area contributed by atoms with Crippen LogP contribution in [0.25, 0.3) is 11.1 Å². The van der Waals surface area contributed by atoms with Crippen LogP contribution in [-0.2, 0) is 21.4 Å². The molecule has 0 spiro atoms. The smallest absolute Gasteiger partial charge is 0.264 e. The zero-order valence-electron chi connectivity index (χ0n) is 20.5. The highest BCUT2D eigenvalue weighted by Crippen LogP contribution is 2.47. The average Bonchev–Trinajstić information content (AvgIpc) is 3.05. The Morgan fingerprint density at radius 1 is 0.944 bits per heavy atom. The van der Waals surface area contributed by atoms with E-state index < -0.39 is 15.9 Å². The van der Waals surface area contributed by atoms with Gasteiger partial charge in [-0.15, -0.1) is 0 Å². The SMILES string of the molecule is CC(C)(C)C(=C1C(=O)N(Cc2cccc(C(=O)NS(C)(=O)=O)c2)c2ccccc21)c1ccc(Cl)cc1. The van der Waals surface area contributed by atoms with Crippen LogP contribution in [0.1, 0.15) is 47.8 Å². The van der Waals surface area contributed by atoms with Gasteiger partial charge in [0.05, 0.1) is 24.1 Å². The number of anilines is 1. The number of benzene rings is 3. The molecule has 0 aromatic heterocycles. The number of halogens is 1. The summed E-state index contributed by atoms with van der Waals surface area (Å²) < 4.78 is 24.9. The minimum atomic E-state index is -3.69. The molecule has 1 heterocycles. The molecule has 0 aliphatic carbocycles. The van der Waals surface area contributed by atoms with Crippen LogP contribution >= 0.6 is 11.6 Å². The van der Waals surface area contributed by atoms with Crippen LogP contribution in [0, 0.1) is 5.41 Å². The molecule has 0 radical (unpaired) electrons. The van der Waals surface area contributed by atoms with Gasteiger partial charge in [0.2, 0.25) is 10.0 Å². The molecule has 36 heavy (non-hydrogen) atoms. The summed E-state index contributed by atoms with van der Waals surface area (Å²) in [6.07, 6.45) is 0.927. The molecule has 3 aromatic carbocycles. The molecule has 3 aromatic rings. The van der Waals surface area contributed by atoms with Crippen LogP contribution in [-0.4, -0.2) is 26.5 Å². The number of amides is 2. The molecule has 1 aliphatic heterocycles. The van der Waals surface area contributed by atoms with Crippen molar-refractivity contribution in [2.45, 2.75) is 27.3 Å². The molecular formula is C28H27ClN2O4S. The average molecular weight is 523 g/mol. The van der Waals surface area contributed by atoms with Gasteiger partial charge in [0, 0.05) is 16.1 Å². The van der Waals surface area contributed by atoms with Gasteiger partial charge in [-0.25, -0.2) is 13.1 Å². The van der Waals surface area contributed by atoms with E-state index in [2.05, 4.69) is 20.8 Å². The largest absolute Gasteiger partial charge is 0.303 e. The van der Waals surface area contributed by atoms with E-state index >= 15 is 0 Å². The van der Waals surface area contributed by atoms with Gasteiger partial charge in [0.15, 0.2) is 0 Å². The number of sulfonamides is 1. The standard InChI is InChI=1S/C28H27ClN2O4S/c1-28(2,3)25(19-12-14-21(29)15-13-19)24-22-10-5-6-11-23(22)31(27(24)33)17-18-8-7-9-20(16-18)26(32)30-36(4,34)35/h5-16H,17H2,1-4H3,(H,30,32). The number of fused-ring (bicyclic) bond motifs is 1. The summed E-state index contributed by atoms with van der Waals surface area (Å²) in [5.41, 5.74) is 4.64. The topological polar surface area (TPSA) is 83.6 Å². The van der Waals surface area contributed by atoms with Crippen molar-refractivity contribution in [1.82, 2.24) is 4.72 Å². The van der Waals surface area contributed by atoms with Crippen molar-refractivity contribution in [2.75, 3.05) is 11.2 Å². The monoisotopic (exact) mass is 522 g/mol. The van der Waals surface area contributed by atoms with Gasteiger partial charge in [-0.1, -0.05) is 74.8 Å². The maximum atomic E-state index is 14.0. The summed E-state index contributed by atoms with van der Waals surface area (Å²) >= 11 is 6.13. The van der Waals surface area contributed by atoms with Crippen LogP contribution in [0.2, 0.25) is 5.02 Å². The van der Waals surface area contributed by atoms with Gasteiger partial charge in [-0.05, 0) is 52.4 Å². The Balaban J connectivity index is 1.79. The highest BCUT2D eigenvalue weighted by Gasteiger charge is 2.37. The van der Waals surface area contributed by atoms with Crippen molar-refractivity contribution >= 4 is 50.3 Å². The first kappa shape index (κ1) is 25.7. The fourth-order valence-corrected chi connectivity index (χ4v) is 5.05. The van der Waals surface area contributed by atoms with E-state index in [0.717, 1.165) is 28.6 Å². The van der Waals surface area contributed by atoms with E-state index in [0.29, 0.717) is 16.2 Å². The number of nitrogens with zero attached hydrogens (tertiary/aromatic N) is 1. The first-order valence-corrected chi connectivity index (χ1v) is 13.6. The quantitative estimate of drug-likeness (QED) is 0.446. The molecule has 1 aliphatic rings. The van der Waals surface area contributed by atoms with Gasteiger partial charge in [-0.2, -0.15) is 0 Å². The minimum absolute atomic E-state index is 0.137. The second kappa shape index (κ2) is 9.56. The summed E-state index contributed by atoms with van der Waals surface area (Å²) in [7, 11) is -3.69. The first-order chi connectivity index (χ1) is 16.8. The van der Waals surface area contributed by atoms with Crippen LogP contribution in [0.15, 0.2) is 72.8 Å². The van der Waals surface area contributed by atoms with Gasteiger partial charge >= 0.3 is 0 Å². The normalized spacial score (nSPS) is 15.0. The van der Waals surface area contributed by atoms with E-state index in [4.69, 9.17) is 11.6 Å². The number of para-hydroxylation sites is 1. The molecule has 0 bridgehead atoms. The Bertz CT molecular complexity index is 1490. The van der Waals surface area contributed by atoms with Gasteiger partial charge in [0.1, 0.15) is 0 Å².